The van der Waals surface area contributed by atoms with Crippen LogP contribution in [0.15, 0.2) is 53.4 Å². The number of amides is 1. The smallest absolute Gasteiger partial charge is 0.259 e. The SMILES string of the molecule is COc1ccc2nc3c(cc2c1)CCN3C(=O)c1ccc(S(=O)(=O)N(C)C)cc1. The molecule has 0 saturated heterocycles. The van der Waals surface area contributed by atoms with Crippen LogP contribution in [-0.2, 0) is 16.4 Å². The molecule has 0 unspecified atom stereocenters. The fourth-order valence-electron chi connectivity index (χ4n) is 3.40. The van der Waals surface area contributed by atoms with Crippen LogP contribution >= 0.6 is 0 Å². The van der Waals surface area contributed by atoms with Gasteiger partial charge >= 0.3 is 0 Å². The second-order valence-corrected chi connectivity index (χ2v) is 9.20. The van der Waals surface area contributed by atoms with E-state index in [1.54, 1.807) is 24.1 Å². The molecule has 0 spiro atoms. The van der Waals surface area contributed by atoms with Crippen molar-refractivity contribution in [3.05, 3.63) is 59.7 Å². The van der Waals surface area contributed by atoms with Gasteiger partial charge in [-0.25, -0.2) is 17.7 Å². The monoisotopic (exact) mass is 411 g/mol. The standard InChI is InChI=1S/C21H21N3O4S/c1-23(2)29(26,27)18-7-4-14(5-8-18)21(25)24-11-10-15-12-16-13-17(28-3)6-9-19(16)22-20(15)24/h4-9,12-13H,10-11H2,1-3H3. The van der Waals surface area contributed by atoms with E-state index in [9.17, 15) is 13.2 Å². The highest BCUT2D eigenvalue weighted by Gasteiger charge is 2.28. The topological polar surface area (TPSA) is 79.8 Å². The second kappa shape index (κ2) is 7.13. The van der Waals surface area contributed by atoms with E-state index in [2.05, 4.69) is 4.98 Å². The number of rotatable bonds is 4. The zero-order valence-corrected chi connectivity index (χ0v) is 17.2. The maximum absolute atomic E-state index is 13.0. The molecule has 2 heterocycles. The lowest BCUT2D eigenvalue weighted by molar-refractivity contribution is 0.0988. The lowest BCUT2D eigenvalue weighted by Crippen LogP contribution is -2.29. The molecule has 0 aliphatic carbocycles. The van der Waals surface area contributed by atoms with Crippen LogP contribution in [0.1, 0.15) is 15.9 Å². The predicted molar refractivity (Wildman–Crippen MR) is 111 cm³/mol. The Morgan fingerprint density at radius 3 is 2.48 bits per heavy atom. The Labute approximate surface area is 169 Å². The van der Waals surface area contributed by atoms with Gasteiger partial charge in [-0.05, 0) is 60.5 Å². The van der Waals surface area contributed by atoms with Crippen molar-refractivity contribution in [3.8, 4) is 5.75 Å². The molecule has 0 radical (unpaired) electrons. The molecule has 150 valence electrons. The molecule has 1 aromatic heterocycles. The number of aromatic nitrogens is 1. The number of ether oxygens (including phenoxy) is 1. The molecular weight excluding hydrogens is 390 g/mol. The van der Waals surface area contributed by atoms with Gasteiger partial charge in [0.1, 0.15) is 11.6 Å². The Morgan fingerprint density at radius 1 is 1.10 bits per heavy atom. The van der Waals surface area contributed by atoms with Crippen LogP contribution in [0, 0.1) is 0 Å². The van der Waals surface area contributed by atoms with E-state index in [0.29, 0.717) is 24.3 Å². The van der Waals surface area contributed by atoms with Crippen LogP contribution in [0.3, 0.4) is 0 Å². The quantitative estimate of drug-likeness (QED) is 0.660. The van der Waals surface area contributed by atoms with Gasteiger partial charge in [0.15, 0.2) is 0 Å². The maximum atomic E-state index is 13.0. The molecule has 8 heteroatoms. The molecule has 4 rings (SSSR count). The fraction of sp³-hybridized carbons (Fsp3) is 0.238. The van der Waals surface area contributed by atoms with Crippen molar-refractivity contribution in [2.24, 2.45) is 0 Å². The third-order valence-corrected chi connectivity index (χ3v) is 6.89. The zero-order chi connectivity index (χ0) is 20.8. The summed E-state index contributed by atoms with van der Waals surface area (Å²) in [5, 5.41) is 0.968. The Morgan fingerprint density at radius 2 is 1.83 bits per heavy atom. The molecule has 0 fully saturated rings. The number of hydrogen-bond acceptors (Lipinski definition) is 5. The average molecular weight is 411 g/mol. The molecule has 0 bridgehead atoms. The first kappa shape index (κ1) is 19.4. The molecule has 0 saturated carbocycles. The maximum Gasteiger partial charge on any atom is 0.259 e. The third kappa shape index (κ3) is 3.34. The number of hydrogen-bond donors (Lipinski definition) is 0. The van der Waals surface area contributed by atoms with Crippen molar-refractivity contribution in [3.63, 3.8) is 0 Å². The Balaban J connectivity index is 1.66. The van der Waals surface area contributed by atoms with Gasteiger partial charge in [0.05, 0.1) is 17.5 Å². The summed E-state index contributed by atoms with van der Waals surface area (Å²) in [7, 11) is 1.04. The number of carbonyl (C=O) groups excluding carboxylic acids is 1. The van der Waals surface area contributed by atoms with Crippen molar-refractivity contribution in [1.82, 2.24) is 9.29 Å². The number of pyridine rings is 1. The first-order valence-electron chi connectivity index (χ1n) is 9.13. The zero-order valence-electron chi connectivity index (χ0n) is 16.4. The van der Waals surface area contributed by atoms with Gasteiger partial charge in [0, 0.05) is 31.6 Å². The number of carbonyl (C=O) groups is 1. The molecule has 29 heavy (non-hydrogen) atoms. The van der Waals surface area contributed by atoms with Crippen molar-refractivity contribution in [2.45, 2.75) is 11.3 Å². The van der Waals surface area contributed by atoms with Crippen molar-refractivity contribution in [1.29, 1.82) is 0 Å². The van der Waals surface area contributed by atoms with E-state index in [0.717, 1.165) is 26.5 Å². The van der Waals surface area contributed by atoms with Gasteiger partial charge in [-0.1, -0.05) is 0 Å². The fourth-order valence-corrected chi connectivity index (χ4v) is 4.31. The van der Waals surface area contributed by atoms with Crippen LogP contribution in [0.4, 0.5) is 5.82 Å². The molecule has 2 aromatic carbocycles. The normalized spacial score (nSPS) is 13.7. The Hall–Kier alpha value is -2.97. The Kier molecular flexibility index (Phi) is 4.76. The number of anilines is 1. The minimum atomic E-state index is -3.53. The third-order valence-electron chi connectivity index (χ3n) is 5.06. The molecule has 0 N–H and O–H groups in total. The molecular formula is C21H21N3O4S. The summed E-state index contributed by atoms with van der Waals surface area (Å²) in [6.45, 7) is 0.534. The van der Waals surface area contributed by atoms with Crippen molar-refractivity contribution >= 4 is 32.7 Å². The van der Waals surface area contributed by atoms with Crippen molar-refractivity contribution < 1.29 is 17.9 Å². The van der Waals surface area contributed by atoms with Crippen molar-refractivity contribution in [2.75, 3.05) is 32.6 Å². The highest BCUT2D eigenvalue weighted by atomic mass is 32.2. The van der Waals surface area contributed by atoms with E-state index >= 15 is 0 Å². The first-order chi connectivity index (χ1) is 13.8. The van der Waals surface area contributed by atoms with Crippen LogP contribution in [0.25, 0.3) is 10.9 Å². The molecule has 3 aromatic rings. The largest absolute Gasteiger partial charge is 0.497 e. The second-order valence-electron chi connectivity index (χ2n) is 7.05. The summed E-state index contributed by atoms with van der Waals surface area (Å²) < 4.78 is 30.8. The first-order valence-corrected chi connectivity index (χ1v) is 10.6. The van der Waals surface area contributed by atoms with Crippen LogP contribution in [-0.4, -0.2) is 51.4 Å². The highest BCUT2D eigenvalue weighted by molar-refractivity contribution is 7.89. The average Bonchev–Trinajstić information content (AvgIpc) is 3.13. The lowest BCUT2D eigenvalue weighted by Gasteiger charge is -2.17. The molecule has 1 amide bonds. The number of benzene rings is 2. The van der Waals surface area contributed by atoms with Crippen LogP contribution in [0.5, 0.6) is 5.75 Å². The minimum Gasteiger partial charge on any atom is -0.497 e. The van der Waals surface area contributed by atoms with E-state index in [1.807, 2.05) is 24.3 Å². The summed E-state index contributed by atoms with van der Waals surface area (Å²) in [6, 6.07) is 13.7. The van der Waals surface area contributed by atoms with Gasteiger partial charge in [-0.3, -0.25) is 9.69 Å². The molecule has 1 aliphatic rings. The van der Waals surface area contributed by atoms with E-state index in [4.69, 9.17) is 4.74 Å². The summed E-state index contributed by atoms with van der Waals surface area (Å²) in [4.78, 5) is 19.5. The summed E-state index contributed by atoms with van der Waals surface area (Å²) in [5.41, 5.74) is 2.22. The number of sulfonamides is 1. The lowest BCUT2D eigenvalue weighted by atomic mass is 10.1. The van der Waals surface area contributed by atoms with E-state index in [1.165, 1.54) is 26.2 Å². The Bertz CT molecular complexity index is 1200. The van der Waals surface area contributed by atoms with Gasteiger partial charge < -0.3 is 4.74 Å². The molecule has 7 nitrogen and oxygen atoms in total. The van der Waals surface area contributed by atoms with E-state index < -0.39 is 10.0 Å². The molecule has 0 atom stereocenters. The van der Waals surface area contributed by atoms with Gasteiger partial charge in [0.2, 0.25) is 10.0 Å². The highest BCUT2D eigenvalue weighted by Crippen LogP contribution is 2.32. The van der Waals surface area contributed by atoms with Gasteiger partial charge in [0.25, 0.3) is 5.91 Å². The number of fused-ring (bicyclic) bond motifs is 2. The van der Waals surface area contributed by atoms with Crippen LogP contribution in [0.2, 0.25) is 0 Å². The van der Waals surface area contributed by atoms with Gasteiger partial charge in [-0.2, -0.15) is 0 Å². The van der Waals surface area contributed by atoms with Crippen LogP contribution < -0.4 is 9.64 Å². The van der Waals surface area contributed by atoms with Gasteiger partial charge in [-0.15, -0.1) is 0 Å². The predicted octanol–water partition coefficient (Wildman–Crippen LogP) is 2.70. The summed E-state index contributed by atoms with van der Waals surface area (Å²) in [6.07, 6.45) is 0.717. The summed E-state index contributed by atoms with van der Waals surface area (Å²) >= 11 is 0. The van der Waals surface area contributed by atoms with E-state index in [-0.39, 0.29) is 10.8 Å². The summed E-state index contributed by atoms with van der Waals surface area (Å²) in [5.74, 6) is 1.22. The minimum absolute atomic E-state index is 0.152. The number of nitrogens with zero attached hydrogens (tertiary/aromatic N) is 3. The molecule has 1 aliphatic heterocycles. The number of methoxy groups -OCH3 is 1.